The van der Waals surface area contributed by atoms with Crippen molar-refractivity contribution in [1.29, 1.82) is 0 Å². The van der Waals surface area contributed by atoms with Gasteiger partial charge in [-0.15, -0.1) is 12.4 Å². The predicted molar refractivity (Wildman–Crippen MR) is 70.4 cm³/mol. The first-order valence-electron chi connectivity index (χ1n) is 4.87. The fourth-order valence-corrected chi connectivity index (χ4v) is 1.78. The maximum Gasteiger partial charge on any atom is 0.179 e. The molecule has 17 heavy (non-hydrogen) atoms. The number of benzene rings is 1. The van der Waals surface area contributed by atoms with Crippen LogP contribution in [0.3, 0.4) is 0 Å². The smallest absolute Gasteiger partial charge is 0.179 e. The molecule has 98 valence electrons. The second kappa shape index (κ2) is 6.91. The van der Waals surface area contributed by atoms with Crippen molar-refractivity contribution in [3.8, 4) is 11.5 Å². The number of ether oxygens (including phenoxy) is 2. The molecule has 1 aromatic carbocycles. The number of halogens is 2. The number of aliphatic hydroxyl groups is 1. The van der Waals surface area contributed by atoms with Gasteiger partial charge in [0, 0.05) is 0 Å². The number of methoxy groups -OCH3 is 2. The fraction of sp³-hybridized carbons (Fsp3) is 0.455. The molecule has 0 fully saturated rings. The molecule has 0 aliphatic rings. The van der Waals surface area contributed by atoms with Gasteiger partial charge >= 0.3 is 0 Å². The van der Waals surface area contributed by atoms with Crippen LogP contribution in [-0.4, -0.2) is 25.4 Å². The Hall–Kier alpha value is -0.680. The van der Waals surface area contributed by atoms with E-state index in [9.17, 15) is 5.11 Å². The standard InChI is InChI=1S/C11H16ClNO3.ClH/c1-6(14)10(13)7-4-5-8(15-2)11(16-3)9(7)12;/h4-6,10,14H,13H2,1-3H3;1H/t6-,10-;/m1./s1. The molecule has 0 spiro atoms. The SMILES string of the molecule is COc1ccc([C@H](N)[C@@H](C)O)c(Cl)c1OC.Cl. The van der Waals surface area contributed by atoms with Crippen LogP contribution in [0.4, 0.5) is 0 Å². The van der Waals surface area contributed by atoms with Gasteiger partial charge in [0.25, 0.3) is 0 Å². The van der Waals surface area contributed by atoms with Crippen LogP contribution in [0.5, 0.6) is 11.5 Å². The Balaban J connectivity index is 0.00000256. The van der Waals surface area contributed by atoms with Crippen molar-refractivity contribution in [3.05, 3.63) is 22.7 Å². The number of nitrogens with two attached hydrogens (primary N) is 1. The van der Waals surface area contributed by atoms with Gasteiger partial charge in [0.15, 0.2) is 11.5 Å². The maximum absolute atomic E-state index is 9.43. The van der Waals surface area contributed by atoms with E-state index in [4.69, 9.17) is 26.8 Å². The van der Waals surface area contributed by atoms with Gasteiger partial charge in [0.05, 0.1) is 31.4 Å². The zero-order valence-electron chi connectivity index (χ0n) is 9.94. The molecule has 0 amide bonds. The Kier molecular flexibility index (Phi) is 6.64. The first-order chi connectivity index (χ1) is 7.52. The van der Waals surface area contributed by atoms with E-state index < -0.39 is 12.1 Å². The van der Waals surface area contributed by atoms with Crippen LogP contribution < -0.4 is 15.2 Å². The lowest BCUT2D eigenvalue weighted by Gasteiger charge is -2.19. The summed E-state index contributed by atoms with van der Waals surface area (Å²) in [6, 6.07) is 2.89. The highest BCUT2D eigenvalue weighted by atomic mass is 35.5. The Morgan fingerprint density at radius 1 is 1.29 bits per heavy atom. The Bertz CT molecular complexity index is 372. The van der Waals surface area contributed by atoms with Gasteiger partial charge in [-0.2, -0.15) is 0 Å². The van der Waals surface area contributed by atoms with E-state index >= 15 is 0 Å². The van der Waals surface area contributed by atoms with E-state index in [2.05, 4.69) is 0 Å². The molecule has 0 saturated carbocycles. The van der Waals surface area contributed by atoms with Crippen molar-refractivity contribution in [1.82, 2.24) is 0 Å². The highest BCUT2D eigenvalue weighted by Gasteiger charge is 2.20. The summed E-state index contributed by atoms with van der Waals surface area (Å²) in [4.78, 5) is 0. The molecule has 1 rings (SSSR count). The molecule has 0 bridgehead atoms. The largest absolute Gasteiger partial charge is 0.493 e. The third-order valence-corrected chi connectivity index (χ3v) is 2.78. The van der Waals surface area contributed by atoms with E-state index in [0.29, 0.717) is 22.1 Å². The van der Waals surface area contributed by atoms with E-state index in [1.54, 1.807) is 19.1 Å². The average Bonchev–Trinajstić information content (AvgIpc) is 2.27. The average molecular weight is 282 g/mol. The quantitative estimate of drug-likeness (QED) is 0.888. The van der Waals surface area contributed by atoms with Crippen LogP contribution in [0.2, 0.25) is 5.02 Å². The lowest BCUT2D eigenvalue weighted by Crippen LogP contribution is -2.23. The number of aliphatic hydroxyl groups excluding tert-OH is 1. The predicted octanol–water partition coefficient (Wildman–Crippen LogP) is 2.16. The molecule has 0 radical (unpaired) electrons. The van der Waals surface area contributed by atoms with Crippen LogP contribution in [-0.2, 0) is 0 Å². The highest BCUT2D eigenvalue weighted by molar-refractivity contribution is 6.33. The number of hydrogen-bond donors (Lipinski definition) is 2. The molecule has 0 aliphatic carbocycles. The molecule has 6 heteroatoms. The van der Waals surface area contributed by atoms with Crippen molar-refractivity contribution in [2.75, 3.05) is 14.2 Å². The van der Waals surface area contributed by atoms with Crippen LogP contribution >= 0.6 is 24.0 Å². The summed E-state index contributed by atoms with van der Waals surface area (Å²) in [5.41, 5.74) is 6.46. The zero-order chi connectivity index (χ0) is 12.3. The molecule has 0 aliphatic heterocycles. The van der Waals surface area contributed by atoms with Gasteiger partial charge in [-0.3, -0.25) is 0 Å². The Morgan fingerprint density at radius 3 is 2.29 bits per heavy atom. The van der Waals surface area contributed by atoms with Crippen molar-refractivity contribution < 1.29 is 14.6 Å². The maximum atomic E-state index is 9.43. The molecule has 3 N–H and O–H groups in total. The van der Waals surface area contributed by atoms with Crippen molar-refractivity contribution in [2.45, 2.75) is 19.1 Å². The lowest BCUT2D eigenvalue weighted by molar-refractivity contribution is 0.164. The Morgan fingerprint density at radius 2 is 1.88 bits per heavy atom. The van der Waals surface area contributed by atoms with Crippen molar-refractivity contribution in [2.24, 2.45) is 5.73 Å². The van der Waals surface area contributed by atoms with Crippen molar-refractivity contribution >= 4 is 24.0 Å². The van der Waals surface area contributed by atoms with Gasteiger partial charge in [0.1, 0.15) is 0 Å². The van der Waals surface area contributed by atoms with Gasteiger partial charge in [0.2, 0.25) is 0 Å². The normalized spacial score (nSPS) is 13.5. The topological polar surface area (TPSA) is 64.7 Å². The van der Waals surface area contributed by atoms with E-state index in [1.807, 2.05) is 0 Å². The molecular formula is C11H17Cl2NO3. The minimum absolute atomic E-state index is 0. The molecule has 0 heterocycles. The molecule has 2 atom stereocenters. The molecule has 1 aromatic rings. The molecular weight excluding hydrogens is 265 g/mol. The second-order valence-corrected chi connectivity index (χ2v) is 3.85. The summed E-state index contributed by atoms with van der Waals surface area (Å²) in [6.07, 6.45) is -0.685. The first-order valence-corrected chi connectivity index (χ1v) is 5.24. The fourth-order valence-electron chi connectivity index (χ4n) is 1.42. The third kappa shape index (κ3) is 3.39. The number of rotatable bonds is 4. The minimum Gasteiger partial charge on any atom is -0.493 e. The highest BCUT2D eigenvalue weighted by Crippen LogP contribution is 2.39. The molecule has 0 unspecified atom stereocenters. The van der Waals surface area contributed by atoms with Gasteiger partial charge in [-0.25, -0.2) is 0 Å². The van der Waals surface area contributed by atoms with Gasteiger partial charge in [-0.05, 0) is 18.6 Å². The van der Waals surface area contributed by atoms with Crippen LogP contribution in [0.15, 0.2) is 12.1 Å². The second-order valence-electron chi connectivity index (χ2n) is 3.47. The van der Waals surface area contributed by atoms with Crippen LogP contribution in [0.1, 0.15) is 18.5 Å². The number of hydrogen-bond acceptors (Lipinski definition) is 4. The van der Waals surface area contributed by atoms with Crippen molar-refractivity contribution in [3.63, 3.8) is 0 Å². The molecule has 4 nitrogen and oxygen atoms in total. The van der Waals surface area contributed by atoms with E-state index in [-0.39, 0.29) is 12.4 Å². The van der Waals surface area contributed by atoms with Crippen LogP contribution in [0, 0.1) is 0 Å². The van der Waals surface area contributed by atoms with Crippen LogP contribution in [0.25, 0.3) is 0 Å². The van der Waals surface area contributed by atoms with Gasteiger partial charge in [-0.1, -0.05) is 17.7 Å². The monoisotopic (exact) mass is 281 g/mol. The molecule has 0 aromatic heterocycles. The minimum atomic E-state index is -0.685. The molecule has 0 saturated heterocycles. The Labute approximate surface area is 112 Å². The first kappa shape index (κ1) is 16.3. The zero-order valence-corrected chi connectivity index (χ0v) is 11.5. The summed E-state index contributed by atoms with van der Waals surface area (Å²) >= 11 is 6.14. The summed E-state index contributed by atoms with van der Waals surface area (Å²) in [6.45, 7) is 1.61. The van der Waals surface area contributed by atoms with Gasteiger partial charge < -0.3 is 20.3 Å². The van der Waals surface area contributed by atoms with E-state index in [1.165, 1.54) is 14.2 Å². The summed E-state index contributed by atoms with van der Waals surface area (Å²) in [5.74, 6) is 0.965. The van der Waals surface area contributed by atoms with E-state index in [0.717, 1.165) is 0 Å². The third-order valence-electron chi connectivity index (χ3n) is 2.39. The summed E-state index contributed by atoms with van der Waals surface area (Å²) in [7, 11) is 3.03. The summed E-state index contributed by atoms with van der Waals surface area (Å²) < 4.78 is 10.2. The lowest BCUT2D eigenvalue weighted by atomic mass is 10.0. The summed E-state index contributed by atoms with van der Waals surface area (Å²) in [5, 5.41) is 9.80.